The molecular formula is C21H31F3N2O4S. The van der Waals surface area contributed by atoms with Gasteiger partial charge in [-0.2, -0.15) is 4.31 Å². The molecule has 1 aromatic carbocycles. The van der Waals surface area contributed by atoms with Crippen LogP contribution >= 0.6 is 0 Å². The number of unbranched alkanes of at least 4 members (excludes halogenated alkanes) is 1. The molecule has 1 saturated heterocycles. The normalized spacial score (nSPS) is 17.3. The lowest BCUT2D eigenvalue weighted by Gasteiger charge is -2.31. The van der Waals surface area contributed by atoms with Gasteiger partial charge in [0.15, 0.2) is 0 Å². The zero-order valence-corrected chi connectivity index (χ0v) is 18.8. The Morgan fingerprint density at radius 3 is 2.52 bits per heavy atom. The first kappa shape index (κ1) is 25.5. The van der Waals surface area contributed by atoms with E-state index in [0.717, 1.165) is 37.8 Å². The van der Waals surface area contributed by atoms with Crippen LogP contribution in [0, 0.1) is 11.8 Å². The average Bonchev–Trinajstić information content (AvgIpc) is 2.72. The van der Waals surface area contributed by atoms with E-state index < -0.39 is 22.1 Å². The minimum absolute atomic E-state index is 0.0624. The lowest BCUT2D eigenvalue weighted by molar-refractivity contribution is -0.274. The Bertz CT molecular complexity index is 822. The third-order valence-corrected chi connectivity index (χ3v) is 7.50. The first-order valence-electron chi connectivity index (χ1n) is 10.7. The van der Waals surface area contributed by atoms with E-state index in [0.29, 0.717) is 25.3 Å². The summed E-state index contributed by atoms with van der Waals surface area (Å²) < 4.78 is 67.9. The molecule has 1 atom stereocenters. The van der Waals surface area contributed by atoms with Gasteiger partial charge < -0.3 is 10.1 Å². The molecule has 0 spiro atoms. The van der Waals surface area contributed by atoms with Gasteiger partial charge in [-0.1, -0.05) is 39.2 Å². The number of sulfonamides is 1. The standard InChI is InChI=1S/C21H31F3N2O4S/c1-3-5-7-16(4-2)15-25-20(27)17-10-12-26(13-11-17)31(28,29)19-9-6-8-18(14-19)30-21(22,23)24/h6,8-9,14,16-17H,3-5,7,10-13,15H2,1-2H3,(H,25,27). The molecule has 0 radical (unpaired) electrons. The van der Waals surface area contributed by atoms with E-state index >= 15 is 0 Å². The van der Waals surface area contributed by atoms with Crippen molar-refractivity contribution in [2.24, 2.45) is 11.8 Å². The Kier molecular flexibility index (Phi) is 9.17. The number of alkyl halides is 3. The second-order valence-electron chi connectivity index (χ2n) is 7.86. The van der Waals surface area contributed by atoms with Crippen LogP contribution in [0.15, 0.2) is 29.2 Å². The highest BCUT2D eigenvalue weighted by atomic mass is 32.2. The first-order valence-corrected chi connectivity index (χ1v) is 12.1. The number of piperidine rings is 1. The molecule has 1 aromatic rings. The Morgan fingerprint density at radius 1 is 1.26 bits per heavy atom. The van der Waals surface area contributed by atoms with Crippen LogP contribution in [0.25, 0.3) is 0 Å². The van der Waals surface area contributed by atoms with Gasteiger partial charge in [0.1, 0.15) is 5.75 Å². The summed E-state index contributed by atoms with van der Waals surface area (Å²) in [5.41, 5.74) is 0. The largest absolute Gasteiger partial charge is 0.573 e. The van der Waals surface area contributed by atoms with Crippen molar-refractivity contribution in [2.75, 3.05) is 19.6 Å². The smallest absolute Gasteiger partial charge is 0.406 e. The predicted molar refractivity (Wildman–Crippen MR) is 111 cm³/mol. The maximum Gasteiger partial charge on any atom is 0.573 e. The third kappa shape index (κ3) is 7.68. The topological polar surface area (TPSA) is 75.7 Å². The predicted octanol–water partition coefficient (Wildman–Crippen LogP) is 4.32. The SMILES string of the molecule is CCCCC(CC)CNC(=O)C1CCN(S(=O)(=O)c2cccc(OC(F)(F)F)c2)CC1. The highest BCUT2D eigenvalue weighted by Gasteiger charge is 2.34. The van der Waals surface area contributed by atoms with Gasteiger partial charge >= 0.3 is 6.36 Å². The summed E-state index contributed by atoms with van der Waals surface area (Å²) in [6.07, 6.45) is 0.143. The number of nitrogens with zero attached hydrogens (tertiary/aromatic N) is 1. The van der Waals surface area contributed by atoms with Crippen LogP contribution in [0.3, 0.4) is 0 Å². The number of hydrogen-bond donors (Lipinski definition) is 1. The molecule has 1 heterocycles. The van der Waals surface area contributed by atoms with E-state index in [1.54, 1.807) is 0 Å². The van der Waals surface area contributed by atoms with E-state index in [2.05, 4.69) is 23.9 Å². The quantitative estimate of drug-likeness (QED) is 0.560. The molecule has 0 aliphatic carbocycles. The van der Waals surface area contributed by atoms with Crippen molar-refractivity contribution in [3.63, 3.8) is 0 Å². The van der Waals surface area contributed by atoms with E-state index in [1.807, 2.05) is 0 Å². The minimum Gasteiger partial charge on any atom is -0.406 e. The molecular weight excluding hydrogens is 433 g/mol. The fourth-order valence-corrected chi connectivity index (χ4v) is 5.18. The number of ether oxygens (including phenoxy) is 1. The summed E-state index contributed by atoms with van der Waals surface area (Å²) in [6, 6.07) is 4.35. The number of carbonyl (C=O) groups excluding carboxylic acids is 1. The van der Waals surface area contributed by atoms with Crippen LogP contribution in [0.2, 0.25) is 0 Å². The Labute approximate surface area is 182 Å². The number of hydrogen-bond acceptors (Lipinski definition) is 4. The molecule has 0 aromatic heterocycles. The zero-order valence-electron chi connectivity index (χ0n) is 18.0. The van der Waals surface area contributed by atoms with Crippen molar-refractivity contribution in [3.05, 3.63) is 24.3 Å². The molecule has 1 unspecified atom stereocenters. The minimum atomic E-state index is -4.90. The van der Waals surface area contributed by atoms with Crippen molar-refractivity contribution < 1.29 is 31.1 Å². The van der Waals surface area contributed by atoms with Crippen molar-refractivity contribution in [1.29, 1.82) is 0 Å². The number of nitrogens with one attached hydrogen (secondary N) is 1. The van der Waals surface area contributed by atoms with Crippen molar-refractivity contribution in [2.45, 2.75) is 63.6 Å². The maximum absolute atomic E-state index is 12.8. The molecule has 31 heavy (non-hydrogen) atoms. The highest BCUT2D eigenvalue weighted by Crippen LogP contribution is 2.28. The molecule has 176 valence electrons. The molecule has 1 fully saturated rings. The molecule has 1 amide bonds. The van der Waals surface area contributed by atoms with Crippen LogP contribution in [0.4, 0.5) is 13.2 Å². The van der Waals surface area contributed by atoms with Crippen LogP contribution < -0.4 is 10.1 Å². The van der Waals surface area contributed by atoms with E-state index in [-0.39, 0.29) is 29.8 Å². The Hall–Kier alpha value is -1.81. The van der Waals surface area contributed by atoms with Crippen molar-refractivity contribution in [3.8, 4) is 5.75 Å². The molecule has 1 N–H and O–H groups in total. The Morgan fingerprint density at radius 2 is 1.94 bits per heavy atom. The number of amides is 1. The fourth-order valence-electron chi connectivity index (χ4n) is 3.67. The number of halogens is 3. The average molecular weight is 465 g/mol. The van der Waals surface area contributed by atoms with Gasteiger partial charge in [0.05, 0.1) is 4.90 Å². The molecule has 6 nitrogen and oxygen atoms in total. The molecule has 0 bridgehead atoms. The maximum atomic E-state index is 12.8. The number of rotatable bonds is 10. The van der Waals surface area contributed by atoms with E-state index in [4.69, 9.17) is 0 Å². The summed E-state index contributed by atoms with van der Waals surface area (Å²) >= 11 is 0. The van der Waals surface area contributed by atoms with Crippen LogP contribution in [0.5, 0.6) is 5.75 Å². The molecule has 1 aliphatic rings. The van der Waals surface area contributed by atoms with Gasteiger partial charge in [-0.3, -0.25) is 4.79 Å². The Balaban J connectivity index is 1.93. The number of carbonyl (C=O) groups is 1. The summed E-state index contributed by atoms with van der Waals surface area (Å²) in [5, 5.41) is 3.00. The molecule has 2 rings (SSSR count). The van der Waals surface area contributed by atoms with Crippen molar-refractivity contribution >= 4 is 15.9 Å². The molecule has 1 aliphatic heterocycles. The first-order chi connectivity index (χ1) is 14.6. The van der Waals surface area contributed by atoms with Gasteiger partial charge in [0.2, 0.25) is 15.9 Å². The summed E-state index contributed by atoms with van der Waals surface area (Å²) in [5.74, 6) is -0.477. The van der Waals surface area contributed by atoms with Crippen LogP contribution in [-0.4, -0.2) is 44.6 Å². The zero-order chi connectivity index (χ0) is 23.1. The number of benzene rings is 1. The molecule has 10 heteroatoms. The summed E-state index contributed by atoms with van der Waals surface area (Å²) in [6.45, 7) is 5.13. The van der Waals surface area contributed by atoms with Crippen LogP contribution in [0.1, 0.15) is 52.4 Å². The second kappa shape index (κ2) is 11.2. The van der Waals surface area contributed by atoms with Gasteiger partial charge in [0.25, 0.3) is 0 Å². The van der Waals surface area contributed by atoms with Crippen molar-refractivity contribution in [1.82, 2.24) is 9.62 Å². The van der Waals surface area contributed by atoms with Gasteiger partial charge in [-0.15, -0.1) is 13.2 Å². The lowest BCUT2D eigenvalue weighted by atomic mass is 9.95. The lowest BCUT2D eigenvalue weighted by Crippen LogP contribution is -2.43. The third-order valence-electron chi connectivity index (χ3n) is 5.61. The van der Waals surface area contributed by atoms with Gasteiger partial charge in [0, 0.05) is 31.6 Å². The van der Waals surface area contributed by atoms with E-state index in [1.165, 1.54) is 16.4 Å². The van der Waals surface area contributed by atoms with Gasteiger partial charge in [-0.05, 0) is 37.3 Å². The fraction of sp³-hybridized carbons (Fsp3) is 0.667. The van der Waals surface area contributed by atoms with Crippen LogP contribution in [-0.2, 0) is 14.8 Å². The summed E-state index contributed by atoms with van der Waals surface area (Å²) in [7, 11) is -3.97. The molecule has 0 saturated carbocycles. The van der Waals surface area contributed by atoms with E-state index in [9.17, 15) is 26.4 Å². The monoisotopic (exact) mass is 464 g/mol. The highest BCUT2D eigenvalue weighted by molar-refractivity contribution is 7.89. The van der Waals surface area contributed by atoms with Gasteiger partial charge in [-0.25, -0.2) is 8.42 Å². The second-order valence-corrected chi connectivity index (χ2v) is 9.80. The summed E-state index contributed by atoms with van der Waals surface area (Å²) in [4.78, 5) is 12.2.